The van der Waals surface area contributed by atoms with Crippen LogP contribution < -0.4 is 5.32 Å². The average Bonchev–Trinajstić information content (AvgIpc) is 2.74. The highest BCUT2D eigenvalue weighted by atomic mass is 16.3. The molecule has 1 saturated heterocycles. The molecule has 2 rings (SSSR count). The summed E-state index contributed by atoms with van der Waals surface area (Å²) < 4.78 is 0. The minimum atomic E-state index is -0.0950. The summed E-state index contributed by atoms with van der Waals surface area (Å²) in [6.45, 7) is 5.78. The van der Waals surface area contributed by atoms with Crippen molar-refractivity contribution in [2.45, 2.75) is 58.1 Å². The molecule has 0 spiro atoms. The first-order valence-corrected chi connectivity index (χ1v) is 6.60. The summed E-state index contributed by atoms with van der Waals surface area (Å²) in [6, 6.07) is 0.385. The topological polar surface area (TPSA) is 32.3 Å². The molecule has 5 unspecified atom stereocenters. The van der Waals surface area contributed by atoms with Crippen molar-refractivity contribution in [3.63, 3.8) is 0 Å². The van der Waals surface area contributed by atoms with Crippen LogP contribution in [0.3, 0.4) is 0 Å². The molecule has 5 atom stereocenters. The van der Waals surface area contributed by atoms with Gasteiger partial charge in [-0.05, 0) is 50.0 Å². The minimum absolute atomic E-state index is 0.0950. The maximum absolute atomic E-state index is 10.3. The summed E-state index contributed by atoms with van der Waals surface area (Å²) in [5.74, 6) is 2.19. The van der Waals surface area contributed by atoms with Crippen LogP contribution in [0.15, 0.2) is 0 Å². The van der Waals surface area contributed by atoms with Gasteiger partial charge in [0, 0.05) is 6.04 Å². The van der Waals surface area contributed by atoms with Gasteiger partial charge in [-0.2, -0.15) is 0 Å². The van der Waals surface area contributed by atoms with Gasteiger partial charge in [-0.25, -0.2) is 0 Å². The number of nitrogens with one attached hydrogen (secondary N) is 1. The first-order chi connectivity index (χ1) is 7.18. The van der Waals surface area contributed by atoms with Crippen molar-refractivity contribution >= 4 is 0 Å². The zero-order valence-corrected chi connectivity index (χ0v) is 10.1. The standard InChI is InChI=1S/C13H25NO/c1-9-5-6-11(8-10(9)2)13(15)12-4-3-7-14-12/h9-15H,3-8H2,1-2H3. The maximum atomic E-state index is 10.3. The molecule has 1 saturated carbocycles. The second-order valence-corrected chi connectivity index (χ2v) is 5.72. The predicted octanol–water partition coefficient (Wildman–Crippen LogP) is 2.17. The summed E-state index contributed by atoms with van der Waals surface area (Å²) >= 11 is 0. The second-order valence-electron chi connectivity index (χ2n) is 5.72. The zero-order valence-electron chi connectivity index (χ0n) is 10.1. The predicted molar refractivity (Wildman–Crippen MR) is 62.7 cm³/mol. The Morgan fingerprint density at radius 3 is 2.53 bits per heavy atom. The lowest BCUT2D eigenvalue weighted by atomic mass is 9.72. The molecule has 2 aliphatic rings. The minimum Gasteiger partial charge on any atom is -0.391 e. The Bertz CT molecular complexity index is 201. The van der Waals surface area contributed by atoms with E-state index in [9.17, 15) is 5.11 Å². The van der Waals surface area contributed by atoms with Crippen molar-refractivity contribution in [1.29, 1.82) is 0 Å². The summed E-state index contributed by atoms with van der Waals surface area (Å²) in [7, 11) is 0. The monoisotopic (exact) mass is 211 g/mol. The molecule has 0 bridgehead atoms. The van der Waals surface area contributed by atoms with Crippen molar-refractivity contribution < 1.29 is 5.11 Å². The van der Waals surface area contributed by atoms with Gasteiger partial charge in [-0.1, -0.05) is 20.3 Å². The van der Waals surface area contributed by atoms with Crippen molar-refractivity contribution in [2.24, 2.45) is 17.8 Å². The van der Waals surface area contributed by atoms with Crippen molar-refractivity contribution in [2.75, 3.05) is 6.54 Å². The molecule has 2 nitrogen and oxygen atoms in total. The Labute approximate surface area is 93.5 Å². The zero-order chi connectivity index (χ0) is 10.8. The molecule has 0 aromatic rings. The smallest absolute Gasteiger partial charge is 0.0721 e. The first kappa shape index (κ1) is 11.4. The molecule has 88 valence electrons. The third kappa shape index (κ3) is 2.54. The van der Waals surface area contributed by atoms with Crippen molar-refractivity contribution in [3.05, 3.63) is 0 Å². The molecule has 1 heterocycles. The fourth-order valence-electron chi connectivity index (χ4n) is 3.23. The van der Waals surface area contributed by atoms with E-state index in [1.807, 2.05) is 0 Å². The number of aliphatic hydroxyl groups is 1. The Morgan fingerprint density at radius 1 is 1.13 bits per heavy atom. The summed E-state index contributed by atoms with van der Waals surface area (Å²) in [5.41, 5.74) is 0. The Balaban J connectivity index is 1.87. The molecule has 2 heteroatoms. The third-order valence-corrected chi connectivity index (χ3v) is 4.63. The molecule has 0 aromatic heterocycles. The van der Waals surface area contributed by atoms with E-state index in [0.29, 0.717) is 12.0 Å². The Kier molecular flexibility index (Phi) is 3.68. The van der Waals surface area contributed by atoms with E-state index >= 15 is 0 Å². The van der Waals surface area contributed by atoms with Gasteiger partial charge >= 0.3 is 0 Å². The molecule has 1 aliphatic carbocycles. The van der Waals surface area contributed by atoms with Crippen LogP contribution in [0, 0.1) is 17.8 Å². The summed E-state index contributed by atoms with van der Waals surface area (Å²) in [6.07, 6.45) is 6.06. The van der Waals surface area contributed by atoms with E-state index in [4.69, 9.17) is 0 Å². The van der Waals surface area contributed by atoms with Gasteiger partial charge in [0.2, 0.25) is 0 Å². The van der Waals surface area contributed by atoms with E-state index in [2.05, 4.69) is 19.2 Å². The van der Waals surface area contributed by atoms with Gasteiger partial charge in [0.15, 0.2) is 0 Å². The number of hydrogen-bond donors (Lipinski definition) is 2. The highest BCUT2D eigenvalue weighted by Gasteiger charge is 2.34. The normalized spacial score (nSPS) is 44.2. The molecule has 15 heavy (non-hydrogen) atoms. The van der Waals surface area contributed by atoms with Crippen LogP contribution in [0.4, 0.5) is 0 Å². The van der Waals surface area contributed by atoms with Crippen LogP contribution in [0.2, 0.25) is 0 Å². The van der Waals surface area contributed by atoms with Gasteiger partial charge in [-0.15, -0.1) is 0 Å². The Morgan fingerprint density at radius 2 is 1.93 bits per heavy atom. The lowest BCUT2D eigenvalue weighted by Gasteiger charge is -2.36. The van der Waals surface area contributed by atoms with Crippen LogP contribution in [0.1, 0.15) is 46.0 Å². The van der Waals surface area contributed by atoms with E-state index in [-0.39, 0.29) is 6.10 Å². The molecular formula is C13H25NO. The third-order valence-electron chi connectivity index (χ3n) is 4.63. The van der Waals surface area contributed by atoms with Crippen molar-refractivity contribution in [3.8, 4) is 0 Å². The van der Waals surface area contributed by atoms with Crippen molar-refractivity contribution in [1.82, 2.24) is 5.32 Å². The van der Waals surface area contributed by atoms with Gasteiger partial charge in [0.1, 0.15) is 0 Å². The number of rotatable bonds is 2. The maximum Gasteiger partial charge on any atom is 0.0721 e. The van der Waals surface area contributed by atoms with Gasteiger partial charge < -0.3 is 10.4 Å². The molecule has 0 amide bonds. The number of hydrogen-bond acceptors (Lipinski definition) is 2. The molecule has 0 radical (unpaired) electrons. The lowest BCUT2D eigenvalue weighted by molar-refractivity contribution is 0.0336. The highest BCUT2D eigenvalue weighted by molar-refractivity contribution is 4.88. The number of aliphatic hydroxyl groups excluding tert-OH is 1. The fraction of sp³-hybridized carbons (Fsp3) is 1.00. The first-order valence-electron chi connectivity index (χ1n) is 6.60. The van der Waals surface area contributed by atoms with Crippen LogP contribution in [-0.4, -0.2) is 23.8 Å². The van der Waals surface area contributed by atoms with Gasteiger partial charge in [0.05, 0.1) is 6.10 Å². The van der Waals surface area contributed by atoms with Crippen LogP contribution >= 0.6 is 0 Å². The second kappa shape index (κ2) is 4.84. The highest BCUT2D eigenvalue weighted by Crippen LogP contribution is 2.36. The fourth-order valence-corrected chi connectivity index (χ4v) is 3.23. The molecule has 0 aromatic carbocycles. The van der Waals surface area contributed by atoms with Crippen LogP contribution in [-0.2, 0) is 0 Å². The van der Waals surface area contributed by atoms with E-state index in [1.54, 1.807) is 0 Å². The quantitative estimate of drug-likeness (QED) is 0.733. The SMILES string of the molecule is CC1CCC(C(O)C2CCCN2)CC1C. The molecule has 2 fully saturated rings. The van der Waals surface area contributed by atoms with Crippen LogP contribution in [0.5, 0.6) is 0 Å². The van der Waals surface area contributed by atoms with Gasteiger partial charge in [0.25, 0.3) is 0 Å². The lowest BCUT2D eigenvalue weighted by Crippen LogP contribution is -2.42. The largest absolute Gasteiger partial charge is 0.391 e. The van der Waals surface area contributed by atoms with E-state index in [0.717, 1.165) is 18.4 Å². The van der Waals surface area contributed by atoms with Crippen LogP contribution in [0.25, 0.3) is 0 Å². The molecular weight excluding hydrogens is 186 g/mol. The Hall–Kier alpha value is -0.0800. The molecule has 1 aliphatic heterocycles. The summed E-state index contributed by atoms with van der Waals surface area (Å²) in [4.78, 5) is 0. The summed E-state index contributed by atoms with van der Waals surface area (Å²) in [5, 5.41) is 13.7. The average molecular weight is 211 g/mol. The van der Waals surface area contributed by atoms with E-state index < -0.39 is 0 Å². The van der Waals surface area contributed by atoms with E-state index in [1.165, 1.54) is 32.1 Å². The molecule has 2 N–H and O–H groups in total. The van der Waals surface area contributed by atoms with Gasteiger partial charge in [-0.3, -0.25) is 0 Å².